The number of non-ortho nitro benzene ring substituents is 1. The monoisotopic (exact) mass is 267 g/mol. The lowest BCUT2D eigenvalue weighted by atomic mass is 9.96. The van der Waals surface area contributed by atoms with Crippen molar-refractivity contribution in [1.82, 2.24) is 0 Å². The van der Waals surface area contributed by atoms with Gasteiger partial charge in [-0.15, -0.1) is 0 Å². The molecule has 0 radical (unpaired) electrons. The van der Waals surface area contributed by atoms with Gasteiger partial charge in [0.1, 0.15) is 0 Å². The summed E-state index contributed by atoms with van der Waals surface area (Å²) in [5.41, 5.74) is 3.53. The predicted octanol–water partition coefficient (Wildman–Crippen LogP) is 3.64. The summed E-state index contributed by atoms with van der Waals surface area (Å²) in [5, 5.41) is 10.9. The van der Waals surface area contributed by atoms with E-state index in [-0.39, 0.29) is 17.4 Å². The number of Topliss-reactive ketones (excluding diaryl/α,β-unsaturated/α-hetero) is 1. The molecule has 0 bridgehead atoms. The molecule has 1 aliphatic carbocycles. The fourth-order valence-electron chi connectivity index (χ4n) is 2.76. The van der Waals surface area contributed by atoms with E-state index >= 15 is 0 Å². The molecule has 2 aromatic rings. The van der Waals surface area contributed by atoms with Crippen molar-refractivity contribution in [2.45, 2.75) is 13.3 Å². The van der Waals surface area contributed by atoms with Crippen LogP contribution in [-0.4, -0.2) is 10.7 Å². The number of nitro groups is 1. The van der Waals surface area contributed by atoms with Crippen LogP contribution in [0.4, 0.5) is 5.69 Å². The van der Waals surface area contributed by atoms with Crippen molar-refractivity contribution in [2.75, 3.05) is 0 Å². The third-order valence-electron chi connectivity index (χ3n) is 3.77. The summed E-state index contributed by atoms with van der Waals surface area (Å²) in [4.78, 5) is 22.5. The number of carbonyl (C=O) groups is 1. The maximum Gasteiger partial charge on any atom is 0.270 e. The zero-order valence-electron chi connectivity index (χ0n) is 11.0. The van der Waals surface area contributed by atoms with Crippen molar-refractivity contribution >= 4 is 11.5 Å². The van der Waals surface area contributed by atoms with Crippen molar-refractivity contribution in [1.29, 1.82) is 0 Å². The first-order valence-corrected chi connectivity index (χ1v) is 6.49. The van der Waals surface area contributed by atoms with Gasteiger partial charge in [-0.05, 0) is 23.1 Å². The van der Waals surface area contributed by atoms with E-state index < -0.39 is 4.92 Å². The van der Waals surface area contributed by atoms with Crippen molar-refractivity contribution in [3.63, 3.8) is 0 Å². The molecule has 3 rings (SSSR count). The molecule has 1 unspecified atom stereocenters. The summed E-state index contributed by atoms with van der Waals surface area (Å²) in [5.74, 6) is 0.150. The second kappa shape index (κ2) is 4.56. The summed E-state index contributed by atoms with van der Waals surface area (Å²) < 4.78 is 0. The number of benzene rings is 2. The number of rotatable bonds is 2. The van der Waals surface area contributed by atoms with E-state index in [0.717, 1.165) is 22.3 Å². The molecule has 0 saturated heterocycles. The van der Waals surface area contributed by atoms with Crippen LogP contribution in [0.25, 0.3) is 11.1 Å². The second-order valence-electron chi connectivity index (χ2n) is 5.11. The Morgan fingerprint density at radius 3 is 2.60 bits per heavy atom. The average molecular weight is 267 g/mol. The number of nitro benzene ring substituents is 1. The van der Waals surface area contributed by atoms with Gasteiger partial charge in [0.2, 0.25) is 0 Å². The third kappa shape index (κ3) is 1.90. The first-order valence-electron chi connectivity index (χ1n) is 6.49. The van der Waals surface area contributed by atoms with Crippen LogP contribution < -0.4 is 0 Å². The Kier molecular flexibility index (Phi) is 2.86. The van der Waals surface area contributed by atoms with Gasteiger partial charge in [-0.1, -0.05) is 37.3 Å². The summed E-state index contributed by atoms with van der Waals surface area (Å²) >= 11 is 0. The molecule has 0 amide bonds. The first kappa shape index (κ1) is 12.5. The zero-order chi connectivity index (χ0) is 14.3. The molecule has 2 aromatic carbocycles. The Bertz CT molecular complexity index is 721. The van der Waals surface area contributed by atoms with E-state index in [1.165, 1.54) is 6.07 Å². The van der Waals surface area contributed by atoms with Crippen LogP contribution in [0.3, 0.4) is 0 Å². The normalized spacial score (nSPS) is 17.1. The SMILES string of the molecule is CC1Cc2c(cccc2-c2cccc([N+](=O)[O-])c2)C1=O. The van der Waals surface area contributed by atoms with E-state index in [1.807, 2.05) is 31.2 Å². The van der Waals surface area contributed by atoms with Gasteiger partial charge in [0.05, 0.1) is 4.92 Å². The highest BCUT2D eigenvalue weighted by atomic mass is 16.6. The lowest BCUT2D eigenvalue weighted by Crippen LogP contribution is -2.02. The molecule has 1 atom stereocenters. The Hall–Kier alpha value is -2.49. The van der Waals surface area contributed by atoms with E-state index in [9.17, 15) is 14.9 Å². The van der Waals surface area contributed by atoms with Gasteiger partial charge >= 0.3 is 0 Å². The Morgan fingerprint density at radius 2 is 1.85 bits per heavy atom. The van der Waals surface area contributed by atoms with Crippen molar-refractivity contribution in [3.05, 3.63) is 63.7 Å². The highest BCUT2D eigenvalue weighted by Crippen LogP contribution is 2.35. The van der Waals surface area contributed by atoms with Crippen LogP contribution in [0.15, 0.2) is 42.5 Å². The van der Waals surface area contributed by atoms with Gasteiger partial charge in [0, 0.05) is 23.6 Å². The minimum atomic E-state index is -0.402. The van der Waals surface area contributed by atoms with Gasteiger partial charge in [-0.3, -0.25) is 14.9 Å². The van der Waals surface area contributed by atoms with E-state index in [0.29, 0.717) is 6.42 Å². The minimum Gasteiger partial charge on any atom is -0.294 e. The lowest BCUT2D eigenvalue weighted by molar-refractivity contribution is -0.384. The van der Waals surface area contributed by atoms with Crippen molar-refractivity contribution in [2.24, 2.45) is 5.92 Å². The molecule has 0 heterocycles. The van der Waals surface area contributed by atoms with Crippen LogP contribution in [0.1, 0.15) is 22.8 Å². The molecule has 0 aromatic heterocycles. The molecular formula is C16H13NO3. The summed E-state index contributed by atoms with van der Waals surface area (Å²) in [6, 6.07) is 12.1. The highest BCUT2D eigenvalue weighted by molar-refractivity contribution is 6.03. The highest BCUT2D eigenvalue weighted by Gasteiger charge is 2.29. The molecular weight excluding hydrogens is 254 g/mol. The summed E-state index contributed by atoms with van der Waals surface area (Å²) in [6.45, 7) is 1.92. The van der Waals surface area contributed by atoms with Gasteiger partial charge in [-0.2, -0.15) is 0 Å². The molecule has 20 heavy (non-hydrogen) atoms. The fraction of sp³-hybridized carbons (Fsp3) is 0.188. The minimum absolute atomic E-state index is 0.00940. The lowest BCUT2D eigenvalue weighted by Gasteiger charge is -2.07. The maximum atomic E-state index is 12.0. The topological polar surface area (TPSA) is 60.2 Å². The standard InChI is InChI=1S/C16H13NO3/c1-10-8-15-13(6-3-7-14(15)16(10)18)11-4-2-5-12(9-11)17(19)20/h2-7,9-10H,8H2,1H3. The predicted molar refractivity (Wildman–Crippen MR) is 75.7 cm³/mol. The van der Waals surface area contributed by atoms with E-state index in [2.05, 4.69) is 0 Å². The van der Waals surface area contributed by atoms with Crippen molar-refractivity contribution < 1.29 is 9.72 Å². The van der Waals surface area contributed by atoms with E-state index in [1.54, 1.807) is 12.1 Å². The van der Waals surface area contributed by atoms with Crippen LogP contribution in [-0.2, 0) is 6.42 Å². The van der Waals surface area contributed by atoms with Gasteiger partial charge in [0.15, 0.2) is 5.78 Å². The molecule has 4 heteroatoms. The second-order valence-corrected chi connectivity index (χ2v) is 5.11. The number of hydrogen-bond donors (Lipinski definition) is 0. The van der Waals surface area contributed by atoms with Gasteiger partial charge in [-0.25, -0.2) is 0 Å². The molecule has 0 saturated carbocycles. The maximum absolute atomic E-state index is 12.0. The number of nitrogens with zero attached hydrogens (tertiary/aromatic N) is 1. The number of fused-ring (bicyclic) bond motifs is 1. The van der Waals surface area contributed by atoms with Gasteiger partial charge < -0.3 is 0 Å². The third-order valence-corrected chi connectivity index (χ3v) is 3.77. The average Bonchev–Trinajstić information content (AvgIpc) is 2.74. The first-order chi connectivity index (χ1) is 9.58. The van der Waals surface area contributed by atoms with Crippen LogP contribution in [0.2, 0.25) is 0 Å². The zero-order valence-corrected chi connectivity index (χ0v) is 11.0. The molecule has 4 nitrogen and oxygen atoms in total. The van der Waals surface area contributed by atoms with Crippen LogP contribution in [0, 0.1) is 16.0 Å². The number of hydrogen-bond acceptors (Lipinski definition) is 3. The fourth-order valence-corrected chi connectivity index (χ4v) is 2.76. The van der Waals surface area contributed by atoms with Crippen LogP contribution in [0.5, 0.6) is 0 Å². The molecule has 0 N–H and O–H groups in total. The van der Waals surface area contributed by atoms with Crippen molar-refractivity contribution in [3.8, 4) is 11.1 Å². The van der Waals surface area contributed by atoms with Gasteiger partial charge in [0.25, 0.3) is 5.69 Å². The largest absolute Gasteiger partial charge is 0.294 e. The molecule has 0 aliphatic heterocycles. The summed E-state index contributed by atoms with van der Waals surface area (Å²) in [7, 11) is 0. The van der Waals surface area contributed by atoms with E-state index in [4.69, 9.17) is 0 Å². The molecule has 1 aliphatic rings. The Balaban J connectivity index is 2.15. The summed E-state index contributed by atoms with van der Waals surface area (Å²) in [6.07, 6.45) is 0.701. The smallest absolute Gasteiger partial charge is 0.270 e. The Labute approximate surface area is 116 Å². The van der Waals surface area contributed by atoms with Crippen LogP contribution >= 0.6 is 0 Å². The number of carbonyl (C=O) groups excluding carboxylic acids is 1. The molecule has 100 valence electrons. The Morgan fingerprint density at radius 1 is 1.15 bits per heavy atom. The quantitative estimate of drug-likeness (QED) is 0.616. The molecule has 0 fully saturated rings. The number of ketones is 1. The molecule has 0 spiro atoms.